The van der Waals surface area contributed by atoms with Crippen LogP contribution in [0.15, 0.2) is 30.3 Å². The molecule has 0 atom stereocenters. The predicted octanol–water partition coefficient (Wildman–Crippen LogP) is 1.63. The van der Waals surface area contributed by atoms with Crippen LogP contribution in [0, 0.1) is 26.4 Å². The quantitative estimate of drug-likeness (QED) is 0.114. The van der Waals surface area contributed by atoms with Crippen molar-refractivity contribution in [2.75, 3.05) is 25.0 Å². The average molecular weight is 534 g/mol. The number of benzene rings is 2. The van der Waals surface area contributed by atoms with Crippen molar-refractivity contribution < 1.29 is 23.1 Å². The fraction of sp³-hybridized carbons (Fsp3) is 0.222. The molecular weight excluding hydrogens is 516 g/mol. The highest BCUT2D eigenvalue weighted by Gasteiger charge is 2.44. The molecule has 1 fully saturated rings. The second kappa shape index (κ2) is 8.65. The minimum absolute atomic E-state index is 0.0451. The molecule has 1 aliphatic heterocycles. The van der Waals surface area contributed by atoms with Crippen molar-refractivity contribution in [1.82, 2.24) is 15.6 Å². The standard InChI is InChI=1S/C18H18F3IN6O2/c19-11-3-2-10(15(14(11)21)26-13-4-1-9(22)5-12(13)20)16(29)28-7-18(30,8-28)6-25-17(23)27-24/h1-5,26,30H,6-8,24H2,(H3,23,25,27). The molecule has 30 heavy (non-hydrogen) atoms. The van der Waals surface area contributed by atoms with Crippen LogP contribution in [0.5, 0.6) is 0 Å². The summed E-state index contributed by atoms with van der Waals surface area (Å²) < 4.78 is 43.0. The summed E-state index contributed by atoms with van der Waals surface area (Å²) in [6.45, 7) is -0.253. The van der Waals surface area contributed by atoms with Crippen molar-refractivity contribution in [2.24, 2.45) is 5.84 Å². The highest BCUT2D eigenvalue weighted by Crippen LogP contribution is 2.31. The zero-order valence-corrected chi connectivity index (χ0v) is 17.6. The summed E-state index contributed by atoms with van der Waals surface area (Å²) in [6, 6.07) is 6.03. The number of hydrogen-bond donors (Lipinski definition) is 6. The van der Waals surface area contributed by atoms with Gasteiger partial charge in [-0.1, -0.05) is 0 Å². The Morgan fingerprint density at radius 2 is 1.93 bits per heavy atom. The molecule has 0 unspecified atom stereocenters. The molecule has 0 aromatic heterocycles. The third kappa shape index (κ3) is 4.60. The van der Waals surface area contributed by atoms with E-state index in [4.69, 9.17) is 11.3 Å². The third-order valence-corrected chi connectivity index (χ3v) is 5.18. The number of nitrogens with one attached hydrogen (secondary N) is 4. The zero-order chi connectivity index (χ0) is 22.1. The molecule has 0 aliphatic carbocycles. The van der Waals surface area contributed by atoms with Gasteiger partial charge in [0.1, 0.15) is 11.4 Å². The van der Waals surface area contributed by atoms with Crippen LogP contribution in [0.3, 0.4) is 0 Å². The first-order valence-electron chi connectivity index (χ1n) is 8.64. The van der Waals surface area contributed by atoms with Crippen LogP contribution in [0.2, 0.25) is 0 Å². The summed E-state index contributed by atoms with van der Waals surface area (Å²) in [4.78, 5) is 14.0. The lowest BCUT2D eigenvalue weighted by molar-refractivity contribution is -0.0762. The number of aliphatic hydroxyl groups is 1. The van der Waals surface area contributed by atoms with E-state index in [0.29, 0.717) is 3.57 Å². The van der Waals surface area contributed by atoms with Gasteiger partial charge >= 0.3 is 0 Å². The van der Waals surface area contributed by atoms with Gasteiger partial charge in [-0.2, -0.15) is 0 Å². The van der Waals surface area contributed by atoms with E-state index in [1.165, 1.54) is 17.0 Å². The van der Waals surface area contributed by atoms with Crippen molar-refractivity contribution in [2.45, 2.75) is 5.60 Å². The highest BCUT2D eigenvalue weighted by molar-refractivity contribution is 14.1. The lowest BCUT2D eigenvalue weighted by atomic mass is 9.93. The normalized spacial score (nSPS) is 14.7. The van der Waals surface area contributed by atoms with E-state index < -0.39 is 34.6 Å². The van der Waals surface area contributed by atoms with Crippen molar-refractivity contribution in [3.8, 4) is 0 Å². The van der Waals surface area contributed by atoms with Crippen LogP contribution in [0.25, 0.3) is 0 Å². The lowest BCUT2D eigenvalue weighted by Crippen LogP contribution is -2.68. The number of hydrogen-bond acceptors (Lipinski definition) is 5. The Balaban J connectivity index is 1.80. The summed E-state index contributed by atoms with van der Waals surface area (Å²) in [5.74, 6) is 0.970. The number of β-amino-alcohol motifs (C(OH)–C–C–N with tert-alkyl or cyclic N) is 1. The SMILES string of the molecule is N=C(NN)NCC1(O)CN(C(=O)c2ccc(F)c(F)c2Nc2ccc(I)cc2F)C1. The maximum absolute atomic E-state index is 14.5. The van der Waals surface area contributed by atoms with Crippen molar-refractivity contribution in [3.63, 3.8) is 0 Å². The molecule has 1 saturated heterocycles. The summed E-state index contributed by atoms with van der Waals surface area (Å²) in [5.41, 5.74) is -0.0794. The van der Waals surface area contributed by atoms with Crippen LogP contribution in [0.4, 0.5) is 24.5 Å². The molecular formula is C18H18F3IN6O2. The summed E-state index contributed by atoms with van der Waals surface area (Å²) in [7, 11) is 0. The summed E-state index contributed by atoms with van der Waals surface area (Å²) in [5, 5.41) is 22.7. The van der Waals surface area contributed by atoms with E-state index in [0.717, 1.165) is 12.1 Å². The number of rotatable bonds is 5. The lowest BCUT2D eigenvalue weighted by Gasteiger charge is -2.46. The summed E-state index contributed by atoms with van der Waals surface area (Å²) in [6.07, 6.45) is 0. The van der Waals surface area contributed by atoms with Crippen molar-refractivity contribution in [3.05, 3.63) is 56.9 Å². The van der Waals surface area contributed by atoms with E-state index >= 15 is 0 Å². The molecule has 2 aromatic rings. The van der Waals surface area contributed by atoms with Gasteiger partial charge in [-0.05, 0) is 52.9 Å². The van der Waals surface area contributed by atoms with Gasteiger partial charge in [0.2, 0.25) is 5.96 Å². The first kappa shape index (κ1) is 22.1. The van der Waals surface area contributed by atoms with Gasteiger partial charge < -0.3 is 20.6 Å². The van der Waals surface area contributed by atoms with E-state index in [-0.39, 0.29) is 36.8 Å². The van der Waals surface area contributed by atoms with Crippen LogP contribution < -0.4 is 21.9 Å². The molecule has 2 aromatic carbocycles. The molecule has 160 valence electrons. The third-order valence-electron chi connectivity index (χ3n) is 4.51. The van der Waals surface area contributed by atoms with Gasteiger partial charge in [0.05, 0.1) is 30.0 Å². The molecule has 0 spiro atoms. The van der Waals surface area contributed by atoms with Gasteiger partial charge in [0.15, 0.2) is 11.6 Å². The molecule has 0 radical (unpaired) electrons. The Morgan fingerprint density at radius 3 is 2.57 bits per heavy atom. The van der Waals surface area contributed by atoms with Crippen LogP contribution in [-0.4, -0.2) is 47.1 Å². The monoisotopic (exact) mass is 534 g/mol. The van der Waals surface area contributed by atoms with E-state index in [1.807, 2.05) is 22.6 Å². The molecule has 12 heteroatoms. The summed E-state index contributed by atoms with van der Waals surface area (Å²) >= 11 is 1.90. The molecule has 7 N–H and O–H groups in total. The maximum Gasteiger partial charge on any atom is 0.256 e. The fourth-order valence-electron chi connectivity index (χ4n) is 2.97. The van der Waals surface area contributed by atoms with Gasteiger partial charge in [-0.3, -0.25) is 15.6 Å². The minimum Gasteiger partial charge on any atom is -0.384 e. The Morgan fingerprint density at radius 1 is 1.23 bits per heavy atom. The number of carbonyl (C=O) groups is 1. The van der Waals surface area contributed by atoms with Crippen molar-refractivity contribution in [1.29, 1.82) is 5.41 Å². The van der Waals surface area contributed by atoms with Crippen LogP contribution in [-0.2, 0) is 0 Å². The Kier molecular flexibility index (Phi) is 6.38. The Bertz CT molecular complexity index is 1000. The number of hydrazine groups is 1. The molecule has 0 bridgehead atoms. The minimum atomic E-state index is -1.32. The number of carbonyl (C=O) groups excluding carboxylic acids is 1. The van der Waals surface area contributed by atoms with E-state index in [1.54, 1.807) is 6.07 Å². The zero-order valence-electron chi connectivity index (χ0n) is 15.4. The van der Waals surface area contributed by atoms with Crippen molar-refractivity contribution >= 4 is 45.8 Å². The number of anilines is 2. The number of nitrogens with zero attached hydrogens (tertiary/aromatic N) is 1. The van der Waals surface area contributed by atoms with E-state index in [2.05, 4.69) is 16.1 Å². The predicted molar refractivity (Wildman–Crippen MR) is 113 cm³/mol. The number of halogens is 4. The number of likely N-dealkylation sites (tertiary alicyclic amines) is 1. The fourth-order valence-corrected chi connectivity index (χ4v) is 3.42. The molecule has 1 heterocycles. The maximum atomic E-state index is 14.5. The number of guanidine groups is 1. The first-order chi connectivity index (χ1) is 14.1. The number of nitrogens with two attached hydrogens (primary N) is 1. The molecule has 3 rings (SSSR count). The van der Waals surface area contributed by atoms with Crippen LogP contribution in [0.1, 0.15) is 10.4 Å². The van der Waals surface area contributed by atoms with Gasteiger partial charge in [0.25, 0.3) is 5.91 Å². The van der Waals surface area contributed by atoms with Gasteiger partial charge in [-0.25, -0.2) is 19.0 Å². The molecule has 1 aliphatic rings. The van der Waals surface area contributed by atoms with Gasteiger partial charge in [0, 0.05) is 10.1 Å². The second-order valence-electron chi connectivity index (χ2n) is 6.79. The second-order valence-corrected chi connectivity index (χ2v) is 8.04. The molecule has 1 amide bonds. The Labute approximate surface area is 183 Å². The largest absolute Gasteiger partial charge is 0.384 e. The number of amides is 1. The van der Waals surface area contributed by atoms with Crippen LogP contribution >= 0.6 is 22.6 Å². The van der Waals surface area contributed by atoms with E-state index in [9.17, 15) is 23.1 Å². The first-order valence-corrected chi connectivity index (χ1v) is 9.72. The van der Waals surface area contributed by atoms with Gasteiger partial charge in [-0.15, -0.1) is 0 Å². The average Bonchev–Trinajstić information content (AvgIpc) is 2.68. The highest BCUT2D eigenvalue weighted by atomic mass is 127. The Hall–Kier alpha value is -2.58. The topological polar surface area (TPSA) is 126 Å². The molecule has 8 nitrogen and oxygen atoms in total. The molecule has 0 saturated carbocycles. The smallest absolute Gasteiger partial charge is 0.256 e.